The van der Waals surface area contributed by atoms with Gasteiger partial charge in [0.15, 0.2) is 0 Å². The molecule has 0 radical (unpaired) electrons. The molecule has 0 saturated carbocycles. The lowest BCUT2D eigenvalue weighted by Gasteiger charge is -2.20. The zero-order chi connectivity index (χ0) is 23.3. The summed E-state index contributed by atoms with van der Waals surface area (Å²) < 4.78 is 0. The van der Waals surface area contributed by atoms with Crippen molar-refractivity contribution in [1.82, 2.24) is 15.2 Å². The Morgan fingerprint density at radius 1 is 0.818 bits per heavy atom. The first-order valence-corrected chi connectivity index (χ1v) is 12.4. The van der Waals surface area contributed by atoms with Crippen LogP contribution in [0.4, 0.5) is 0 Å². The van der Waals surface area contributed by atoms with E-state index in [1.54, 1.807) is 0 Å². The van der Waals surface area contributed by atoms with Gasteiger partial charge in [-0.15, -0.1) is 0 Å². The van der Waals surface area contributed by atoms with Crippen molar-refractivity contribution in [3.05, 3.63) is 102 Å². The van der Waals surface area contributed by atoms with Gasteiger partial charge in [0, 0.05) is 36.1 Å². The second-order valence-corrected chi connectivity index (χ2v) is 8.80. The molecule has 0 unspecified atom stereocenters. The summed E-state index contributed by atoms with van der Waals surface area (Å²) in [6, 6.07) is 23.6. The van der Waals surface area contributed by atoms with Crippen LogP contribution in [0.15, 0.2) is 85.2 Å². The third-order valence-corrected chi connectivity index (χ3v) is 5.91. The van der Waals surface area contributed by atoms with Crippen LogP contribution in [-0.2, 0) is 19.4 Å². The van der Waals surface area contributed by atoms with Gasteiger partial charge in [-0.25, -0.2) is 0 Å². The molecule has 1 N–H and O–H groups in total. The van der Waals surface area contributed by atoms with Crippen LogP contribution in [0.5, 0.6) is 0 Å². The van der Waals surface area contributed by atoms with Gasteiger partial charge >= 0.3 is 0 Å². The second kappa shape index (κ2) is 13.6. The summed E-state index contributed by atoms with van der Waals surface area (Å²) in [7, 11) is 0. The number of nitrogens with one attached hydrogen (secondary N) is 1. The van der Waals surface area contributed by atoms with Crippen molar-refractivity contribution in [2.24, 2.45) is 0 Å². The maximum atomic E-state index is 4.67. The Labute approximate surface area is 200 Å². The van der Waals surface area contributed by atoms with Gasteiger partial charge in [-0.05, 0) is 68.1 Å². The summed E-state index contributed by atoms with van der Waals surface area (Å²) in [5, 5.41) is 3.40. The summed E-state index contributed by atoms with van der Waals surface area (Å²) in [6.07, 6.45) is 7.54. The number of aryl methyl sites for hydroxylation is 1. The quantitative estimate of drug-likeness (QED) is 0.304. The maximum absolute atomic E-state index is 4.67. The maximum Gasteiger partial charge on any atom is 0.0462 e. The lowest BCUT2D eigenvalue weighted by atomic mass is 10.0. The summed E-state index contributed by atoms with van der Waals surface area (Å²) in [5.74, 6) is 0. The lowest BCUT2D eigenvalue weighted by Crippen LogP contribution is -2.26. The van der Waals surface area contributed by atoms with E-state index in [1.807, 2.05) is 12.3 Å². The van der Waals surface area contributed by atoms with Gasteiger partial charge in [0.05, 0.1) is 0 Å². The number of aromatic nitrogens is 1. The van der Waals surface area contributed by atoms with Crippen LogP contribution in [0.2, 0.25) is 0 Å². The minimum Gasteiger partial charge on any atom is -0.384 e. The Morgan fingerprint density at radius 2 is 1.52 bits per heavy atom. The second-order valence-electron chi connectivity index (χ2n) is 8.80. The fourth-order valence-corrected chi connectivity index (χ4v) is 4.14. The zero-order valence-corrected chi connectivity index (χ0v) is 20.4. The van der Waals surface area contributed by atoms with Gasteiger partial charge in [-0.2, -0.15) is 0 Å². The molecule has 0 atom stereocenters. The van der Waals surface area contributed by atoms with Crippen molar-refractivity contribution in [1.29, 1.82) is 0 Å². The van der Waals surface area contributed by atoms with Gasteiger partial charge in [0.2, 0.25) is 0 Å². The van der Waals surface area contributed by atoms with E-state index < -0.39 is 0 Å². The molecule has 3 heteroatoms. The predicted octanol–water partition coefficient (Wildman–Crippen LogP) is 6.65. The largest absolute Gasteiger partial charge is 0.384 e. The highest BCUT2D eigenvalue weighted by molar-refractivity contribution is 5.62. The standard InChI is InChI=1S/C30H39N3/c1-4-19-33(20-5-2)21-9-12-26-13-15-28(16-14-26)29-17-18-30(32-24-29)22-25(3)31-23-27-10-7-6-8-11-27/h6-8,10-11,13-18,24,31H,3-5,9,12,19-23H2,1-2H3. The van der Waals surface area contributed by atoms with Gasteiger partial charge in [-0.1, -0.05) is 81.1 Å². The van der Waals surface area contributed by atoms with Crippen LogP contribution < -0.4 is 5.32 Å². The molecular weight excluding hydrogens is 402 g/mol. The third-order valence-electron chi connectivity index (χ3n) is 5.91. The Kier molecular flexibility index (Phi) is 10.2. The van der Waals surface area contributed by atoms with Crippen molar-refractivity contribution in [2.75, 3.05) is 19.6 Å². The minimum absolute atomic E-state index is 0.735. The Bertz CT molecular complexity index is 940. The lowest BCUT2D eigenvalue weighted by molar-refractivity contribution is 0.271. The molecule has 0 aliphatic carbocycles. The summed E-state index contributed by atoms with van der Waals surface area (Å²) in [5.41, 5.74) is 7.06. The number of rotatable bonds is 14. The van der Waals surface area contributed by atoms with Crippen LogP contribution >= 0.6 is 0 Å². The van der Waals surface area contributed by atoms with Crippen LogP contribution in [0.3, 0.4) is 0 Å². The smallest absolute Gasteiger partial charge is 0.0462 e. The third kappa shape index (κ3) is 8.51. The molecule has 0 bridgehead atoms. The van der Waals surface area contributed by atoms with Crippen molar-refractivity contribution < 1.29 is 0 Å². The average molecular weight is 442 g/mol. The van der Waals surface area contributed by atoms with E-state index in [1.165, 1.54) is 55.6 Å². The molecule has 3 rings (SSSR count). The Balaban J connectivity index is 1.46. The predicted molar refractivity (Wildman–Crippen MR) is 141 cm³/mol. The molecule has 3 aromatic rings. The molecule has 0 aliphatic rings. The van der Waals surface area contributed by atoms with Crippen LogP contribution in [0, 0.1) is 0 Å². The average Bonchev–Trinajstić information content (AvgIpc) is 2.85. The number of nitrogens with zero attached hydrogens (tertiary/aromatic N) is 2. The molecule has 0 spiro atoms. The van der Waals surface area contributed by atoms with E-state index >= 15 is 0 Å². The van der Waals surface area contributed by atoms with Crippen molar-refractivity contribution in [3.8, 4) is 11.1 Å². The molecule has 0 aliphatic heterocycles. The van der Waals surface area contributed by atoms with E-state index in [-0.39, 0.29) is 0 Å². The number of pyridine rings is 1. The van der Waals surface area contributed by atoms with Gasteiger partial charge in [0.1, 0.15) is 0 Å². The van der Waals surface area contributed by atoms with Crippen LogP contribution in [-0.4, -0.2) is 29.5 Å². The Morgan fingerprint density at radius 3 is 2.15 bits per heavy atom. The molecule has 1 aromatic heterocycles. The first-order valence-electron chi connectivity index (χ1n) is 12.4. The topological polar surface area (TPSA) is 28.2 Å². The number of hydrogen-bond donors (Lipinski definition) is 1. The monoisotopic (exact) mass is 441 g/mol. The molecule has 174 valence electrons. The van der Waals surface area contributed by atoms with Crippen molar-refractivity contribution >= 4 is 0 Å². The van der Waals surface area contributed by atoms with E-state index in [0.29, 0.717) is 0 Å². The highest BCUT2D eigenvalue weighted by atomic mass is 15.1. The van der Waals surface area contributed by atoms with Gasteiger partial charge in [0.25, 0.3) is 0 Å². The molecule has 0 amide bonds. The first-order chi connectivity index (χ1) is 16.2. The number of allylic oxidation sites excluding steroid dienone is 1. The highest BCUT2D eigenvalue weighted by Crippen LogP contribution is 2.20. The van der Waals surface area contributed by atoms with Crippen molar-refractivity contribution in [2.45, 2.75) is 52.5 Å². The minimum atomic E-state index is 0.735. The molecule has 33 heavy (non-hydrogen) atoms. The molecule has 0 fully saturated rings. The van der Waals surface area contributed by atoms with Crippen molar-refractivity contribution in [3.63, 3.8) is 0 Å². The molecule has 1 heterocycles. The molecular formula is C30H39N3. The number of hydrogen-bond acceptors (Lipinski definition) is 3. The molecule has 2 aromatic carbocycles. The van der Waals surface area contributed by atoms with E-state index in [9.17, 15) is 0 Å². The van der Waals surface area contributed by atoms with Gasteiger partial charge in [-0.3, -0.25) is 4.98 Å². The summed E-state index contributed by atoms with van der Waals surface area (Å²) in [6.45, 7) is 13.1. The van der Waals surface area contributed by atoms with E-state index in [4.69, 9.17) is 0 Å². The van der Waals surface area contributed by atoms with Gasteiger partial charge < -0.3 is 10.2 Å². The SMILES string of the molecule is C=C(Cc1ccc(-c2ccc(CCCN(CCC)CCC)cc2)cn1)NCc1ccccc1. The molecule has 3 nitrogen and oxygen atoms in total. The summed E-state index contributed by atoms with van der Waals surface area (Å²) >= 11 is 0. The van der Waals surface area contributed by atoms with Crippen LogP contribution in [0.25, 0.3) is 11.1 Å². The first kappa shape index (κ1) is 24.7. The number of benzene rings is 2. The zero-order valence-electron chi connectivity index (χ0n) is 20.4. The normalized spacial score (nSPS) is 11.0. The highest BCUT2D eigenvalue weighted by Gasteiger charge is 2.05. The van der Waals surface area contributed by atoms with E-state index in [0.717, 1.165) is 36.3 Å². The Hall–Kier alpha value is -2.91. The van der Waals surface area contributed by atoms with E-state index in [2.05, 4.69) is 96.3 Å². The molecule has 0 saturated heterocycles. The summed E-state index contributed by atoms with van der Waals surface area (Å²) in [4.78, 5) is 7.26. The van der Waals surface area contributed by atoms with Crippen LogP contribution in [0.1, 0.15) is 49.9 Å². The fourth-order valence-electron chi connectivity index (χ4n) is 4.14. The fraction of sp³-hybridized carbons (Fsp3) is 0.367.